The number of nitrogens with two attached hydrogens (primary N) is 3. The molecule has 8 N–H and O–H groups in total. The Morgan fingerprint density at radius 3 is 1.69 bits per heavy atom. The van der Waals surface area contributed by atoms with Gasteiger partial charge in [0.25, 0.3) is 0 Å². The first-order chi connectivity index (χ1) is 16.3. The fourth-order valence-corrected chi connectivity index (χ4v) is 4.55. The lowest BCUT2D eigenvalue weighted by Gasteiger charge is -2.25. The number of hydrogen-bond acceptors (Lipinski definition) is 7. The first-order valence-corrected chi connectivity index (χ1v) is 13.1. The molecule has 0 saturated carbocycles. The molecular weight excluding hydrogens is 486 g/mol. The lowest BCUT2D eigenvalue weighted by Crippen LogP contribution is -2.25. The van der Waals surface area contributed by atoms with Gasteiger partial charge < -0.3 is 26.3 Å². The van der Waals surface area contributed by atoms with Crippen LogP contribution in [0.2, 0.25) is 0 Å². The van der Waals surface area contributed by atoms with Crippen molar-refractivity contribution in [1.82, 2.24) is 9.97 Å². The summed E-state index contributed by atoms with van der Waals surface area (Å²) in [7, 11) is 0. The molecule has 2 atom stereocenters. The van der Waals surface area contributed by atoms with Gasteiger partial charge in [-0.2, -0.15) is 0 Å². The third-order valence-corrected chi connectivity index (χ3v) is 8.35. The molecule has 0 bridgehead atoms. The molecule has 0 amide bonds. The second-order valence-corrected chi connectivity index (χ2v) is 12.2. The smallest absolute Gasteiger partial charge is 0.163 e. The van der Waals surface area contributed by atoms with Crippen LogP contribution in [0.4, 0.5) is 5.82 Å². The van der Waals surface area contributed by atoms with Crippen molar-refractivity contribution in [2.45, 2.75) is 50.3 Å². The Morgan fingerprint density at radius 1 is 0.800 bits per heavy atom. The summed E-state index contributed by atoms with van der Waals surface area (Å²) in [6.07, 6.45) is 1.55. The number of rotatable bonds is 8. The molecule has 3 rings (SSSR count). The Labute approximate surface area is 210 Å². The highest BCUT2D eigenvalue weighted by atomic mass is 32.2. The van der Waals surface area contributed by atoms with Crippen molar-refractivity contribution < 1.29 is 17.5 Å². The van der Waals surface area contributed by atoms with E-state index in [0.717, 1.165) is 11.1 Å². The zero-order valence-electron chi connectivity index (χ0n) is 20.1. The van der Waals surface area contributed by atoms with Crippen LogP contribution in [-0.2, 0) is 44.7 Å². The van der Waals surface area contributed by atoms with E-state index in [-0.39, 0.29) is 24.7 Å². The summed E-state index contributed by atoms with van der Waals surface area (Å²) in [5.41, 5.74) is 22.5. The largest absolute Gasteiger partial charge is 0.383 e. The lowest BCUT2D eigenvalue weighted by molar-refractivity contribution is 0.522. The van der Waals surface area contributed by atoms with E-state index in [1.54, 1.807) is 64.2 Å². The van der Waals surface area contributed by atoms with Gasteiger partial charge in [0.05, 0.1) is 9.49 Å². The van der Waals surface area contributed by atoms with Crippen LogP contribution in [0, 0.1) is 0 Å². The van der Waals surface area contributed by atoms with Crippen LogP contribution in [-0.4, -0.2) is 27.5 Å². The molecule has 0 fully saturated rings. The minimum atomic E-state index is -2.16. The maximum absolute atomic E-state index is 12.1. The molecular formula is C24H31N5O4S2. The molecule has 3 aromatic rings. The van der Waals surface area contributed by atoms with Crippen LogP contribution in [0.5, 0.6) is 0 Å². The van der Waals surface area contributed by atoms with Gasteiger partial charge in [0.1, 0.15) is 5.82 Å². The molecule has 2 aromatic carbocycles. The average Bonchev–Trinajstić information content (AvgIpc) is 2.82. The minimum Gasteiger partial charge on any atom is -0.383 e. The highest BCUT2D eigenvalue weighted by Crippen LogP contribution is 2.39. The summed E-state index contributed by atoms with van der Waals surface area (Å²) in [5, 5.41) is 0. The number of nitrogen functional groups attached to an aromatic ring is 1. The predicted molar refractivity (Wildman–Crippen MR) is 141 cm³/mol. The van der Waals surface area contributed by atoms with Gasteiger partial charge in [0, 0.05) is 30.4 Å². The highest BCUT2D eigenvalue weighted by molar-refractivity contribution is 7.80. The first-order valence-electron chi connectivity index (χ1n) is 10.9. The molecule has 0 aliphatic heterocycles. The molecule has 9 nitrogen and oxygen atoms in total. The number of hydrogen-bond donors (Lipinski definition) is 5. The van der Waals surface area contributed by atoms with E-state index in [2.05, 4.69) is 9.97 Å². The number of anilines is 1. The van der Waals surface area contributed by atoms with Gasteiger partial charge in [-0.25, -0.2) is 18.4 Å². The standard InChI is InChI=1S/C24H31N5O4S2/c1-23(2,34(30)31)19-7-5-14(11-25)9-16(19)18-13-28-22(29-21(18)27)17-10-15(12-26)6-8-20(17)24(3,4)35(32)33/h5-10,13H,11-12,25-26H2,1-4H3,(H,30,31)(H,32,33)(H2,27,28,29). The van der Waals surface area contributed by atoms with Crippen molar-refractivity contribution in [2.24, 2.45) is 11.5 Å². The maximum Gasteiger partial charge on any atom is 0.163 e. The van der Waals surface area contributed by atoms with Crippen molar-refractivity contribution in [3.8, 4) is 22.5 Å². The Bertz CT molecular complexity index is 1310. The lowest BCUT2D eigenvalue weighted by atomic mass is 9.90. The van der Waals surface area contributed by atoms with Crippen LogP contribution >= 0.6 is 0 Å². The normalized spacial score (nSPS) is 14.1. The SMILES string of the molecule is CC(C)(c1ccc(CN)cc1-c1ncc(-c2cc(CN)ccc2C(C)(C)S(=O)O)c(N)n1)S(=O)O. The summed E-state index contributed by atoms with van der Waals surface area (Å²) in [5.74, 6) is 0.425. The molecule has 1 heterocycles. The molecule has 0 radical (unpaired) electrons. The maximum atomic E-state index is 12.1. The van der Waals surface area contributed by atoms with Gasteiger partial charge in [-0.1, -0.05) is 24.3 Å². The van der Waals surface area contributed by atoms with Crippen LogP contribution in [0.15, 0.2) is 42.6 Å². The van der Waals surface area contributed by atoms with E-state index in [9.17, 15) is 17.5 Å². The fourth-order valence-electron chi connectivity index (χ4n) is 3.82. The van der Waals surface area contributed by atoms with Crippen LogP contribution in [0.25, 0.3) is 22.5 Å². The van der Waals surface area contributed by atoms with E-state index in [0.29, 0.717) is 27.8 Å². The average molecular weight is 518 g/mol. The molecule has 0 aliphatic rings. The van der Waals surface area contributed by atoms with Crippen molar-refractivity contribution in [1.29, 1.82) is 0 Å². The molecule has 11 heteroatoms. The summed E-state index contributed by atoms with van der Waals surface area (Å²) >= 11 is -4.32. The molecule has 0 aliphatic carbocycles. The number of aromatic nitrogens is 2. The second kappa shape index (κ2) is 10.2. The van der Waals surface area contributed by atoms with Gasteiger partial charge in [-0.3, -0.25) is 0 Å². The zero-order valence-corrected chi connectivity index (χ0v) is 21.7. The van der Waals surface area contributed by atoms with Gasteiger partial charge >= 0.3 is 0 Å². The monoisotopic (exact) mass is 517 g/mol. The molecule has 35 heavy (non-hydrogen) atoms. The van der Waals surface area contributed by atoms with E-state index in [1.165, 1.54) is 0 Å². The molecule has 0 spiro atoms. The second-order valence-electron chi connectivity index (χ2n) is 9.18. The Balaban J connectivity index is 2.24. The molecule has 2 unspecified atom stereocenters. The summed E-state index contributed by atoms with van der Waals surface area (Å²) in [6.45, 7) is 7.19. The van der Waals surface area contributed by atoms with Crippen molar-refractivity contribution in [3.05, 3.63) is 64.8 Å². The Kier molecular flexibility index (Phi) is 7.89. The fraction of sp³-hybridized carbons (Fsp3) is 0.333. The van der Waals surface area contributed by atoms with E-state index < -0.39 is 31.7 Å². The van der Waals surface area contributed by atoms with E-state index in [1.807, 2.05) is 6.07 Å². The summed E-state index contributed by atoms with van der Waals surface area (Å²) < 4.78 is 41.8. The van der Waals surface area contributed by atoms with Crippen LogP contribution in [0.1, 0.15) is 49.9 Å². The van der Waals surface area contributed by atoms with Gasteiger partial charge in [-0.15, -0.1) is 0 Å². The van der Waals surface area contributed by atoms with Crippen molar-refractivity contribution in [2.75, 3.05) is 5.73 Å². The van der Waals surface area contributed by atoms with Gasteiger partial charge in [0.2, 0.25) is 0 Å². The predicted octanol–water partition coefficient (Wildman–Crippen LogP) is 3.22. The topological polar surface area (TPSA) is 178 Å². The number of benzene rings is 2. The van der Waals surface area contributed by atoms with Crippen molar-refractivity contribution in [3.63, 3.8) is 0 Å². The van der Waals surface area contributed by atoms with Gasteiger partial charge in [0.15, 0.2) is 28.0 Å². The van der Waals surface area contributed by atoms with E-state index in [4.69, 9.17) is 17.2 Å². The Morgan fingerprint density at radius 2 is 1.26 bits per heavy atom. The minimum absolute atomic E-state index is 0.150. The van der Waals surface area contributed by atoms with Crippen LogP contribution < -0.4 is 17.2 Å². The molecule has 0 saturated heterocycles. The Hall–Kier alpha value is -2.54. The first kappa shape index (κ1) is 27.1. The third kappa shape index (κ3) is 5.20. The quantitative estimate of drug-likeness (QED) is 0.280. The van der Waals surface area contributed by atoms with Gasteiger partial charge in [-0.05, 0) is 67.6 Å². The van der Waals surface area contributed by atoms with Crippen molar-refractivity contribution >= 4 is 28.0 Å². The van der Waals surface area contributed by atoms with E-state index >= 15 is 0 Å². The summed E-state index contributed by atoms with van der Waals surface area (Å²) in [4.78, 5) is 9.06. The number of nitrogens with zero attached hydrogens (tertiary/aromatic N) is 2. The van der Waals surface area contributed by atoms with Crippen LogP contribution in [0.3, 0.4) is 0 Å². The molecule has 188 valence electrons. The highest BCUT2D eigenvalue weighted by Gasteiger charge is 2.33. The summed E-state index contributed by atoms with van der Waals surface area (Å²) in [6, 6.07) is 10.7. The zero-order chi connectivity index (χ0) is 26.1. The molecule has 1 aromatic heterocycles. The third-order valence-electron chi connectivity index (χ3n) is 6.16.